The minimum Gasteiger partial charge on any atom is -0.327 e. The predicted octanol–water partition coefficient (Wildman–Crippen LogP) is 0.194. The van der Waals surface area contributed by atoms with E-state index in [1.54, 1.807) is 0 Å². The topological polar surface area (TPSA) is 118 Å². The van der Waals surface area contributed by atoms with Crippen molar-refractivity contribution < 1.29 is 31.6 Å². The summed E-state index contributed by atoms with van der Waals surface area (Å²) in [5, 5.41) is 0. The summed E-state index contributed by atoms with van der Waals surface area (Å²) in [7, 11) is -6.97. The maximum Gasteiger partial charge on any atom is 0.265 e. The number of nitrogens with zero attached hydrogens (tertiary/aromatic N) is 1. The molecule has 0 aliphatic rings. The van der Waals surface area contributed by atoms with Crippen LogP contribution in [0.2, 0.25) is 0 Å². The van der Waals surface area contributed by atoms with Crippen LogP contribution >= 0.6 is 7.37 Å². The number of carbonyl (C=O) groups excluding carboxylic acids is 2. The zero-order valence-corrected chi connectivity index (χ0v) is 12.7. The molecule has 0 heterocycles. The number of amides is 2. The van der Waals surface area contributed by atoms with Crippen LogP contribution in [0.3, 0.4) is 0 Å². The highest BCUT2D eigenvalue weighted by atomic mass is 32.2. The van der Waals surface area contributed by atoms with Crippen LogP contribution in [-0.2, 0) is 28.8 Å². The predicted molar refractivity (Wildman–Crippen MR) is 68.8 cm³/mol. The van der Waals surface area contributed by atoms with Crippen molar-refractivity contribution in [1.82, 2.24) is 4.90 Å². The van der Waals surface area contributed by atoms with Gasteiger partial charge in [-0.2, -0.15) is 8.42 Å². The first-order chi connectivity index (χ1) is 8.42. The highest BCUT2D eigenvalue weighted by Gasteiger charge is 2.20. The summed E-state index contributed by atoms with van der Waals surface area (Å²) in [5.41, 5.74) is 0. The van der Waals surface area contributed by atoms with E-state index in [0.29, 0.717) is 0 Å². The fourth-order valence-electron chi connectivity index (χ4n) is 1.16. The molecule has 8 nitrogen and oxygen atoms in total. The van der Waals surface area contributed by atoms with Crippen molar-refractivity contribution in [3.8, 4) is 0 Å². The molecule has 1 N–H and O–H groups in total. The highest BCUT2D eigenvalue weighted by molar-refractivity contribution is 7.85. The number of carbonyl (C=O) groups is 2. The minimum absolute atomic E-state index is 0.0958. The Hall–Kier alpha value is -0.760. The van der Waals surface area contributed by atoms with Gasteiger partial charge in [0.15, 0.2) is 7.37 Å². The fraction of sp³-hybridized carbons (Fsp3) is 0.778. The van der Waals surface area contributed by atoms with Gasteiger partial charge in [0.05, 0.1) is 18.9 Å². The number of hydrogen-bond acceptors (Lipinski definition) is 6. The van der Waals surface area contributed by atoms with E-state index in [2.05, 4.69) is 0 Å². The Morgan fingerprint density at radius 2 is 1.84 bits per heavy atom. The molecule has 0 fully saturated rings. The number of imide groups is 1. The molecular weight excluding hydrogens is 297 g/mol. The van der Waals surface area contributed by atoms with E-state index in [9.17, 15) is 22.6 Å². The molecule has 0 saturated heterocycles. The summed E-state index contributed by atoms with van der Waals surface area (Å²) in [5.74, 6) is -2.07. The number of hydrogen-bond donors (Lipinski definition) is 1. The van der Waals surface area contributed by atoms with Gasteiger partial charge in [0.1, 0.15) is 0 Å². The van der Waals surface area contributed by atoms with E-state index in [0.717, 1.165) is 11.8 Å². The van der Waals surface area contributed by atoms with Crippen LogP contribution in [0.4, 0.5) is 0 Å². The van der Waals surface area contributed by atoms with Crippen LogP contribution in [0.1, 0.15) is 13.3 Å². The Labute approximate surface area is 112 Å². The Morgan fingerprint density at radius 3 is 2.21 bits per heavy atom. The molecule has 0 radical (unpaired) electrons. The largest absolute Gasteiger partial charge is 0.327 e. The smallest absolute Gasteiger partial charge is 0.265 e. The van der Waals surface area contributed by atoms with E-state index >= 15 is 0 Å². The van der Waals surface area contributed by atoms with Crippen molar-refractivity contribution in [3.05, 3.63) is 0 Å². The summed E-state index contributed by atoms with van der Waals surface area (Å²) in [6.45, 7) is 3.71. The van der Waals surface area contributed by atoms with E-state index in [-0.39, 0.29) is 13.2 Å². The molecular formula is C9H18NO7PS. The first-order valence-electron chi connectivity index (χ1n) is 5.38. The molecule has 19 heavy (non-hydrogen) atoms. The first kappa shape index (κ1) is 18.2. The molecule has 0 aromatic rings. The zero-order valence-electron chi connectivity index (χ0n) is 11.0. The van der Waals surface area contributed by atoms with Crippen molar-refractivity contribution in [2.75, 3.05) is 32.2 Å². The Kier molecular flexibility index (Phi) is 6.85. The average molecular weight is 315 g/mol. The van der Waals surface area contributed by atoms with Crippen LogP contribution in [0.15, 0.2) is 0 Å². The third-order valence-corrected chi connectivity index (χ3v) is 3.50. The second-order valence-electron chi connectivity index (χ2n) is 4.19. The van der Waals surface area contributed by atoms with Crippen LogP contribution in [-0.4, -0.2) is 61.9 Å². The molecule has 112 valence electrons. The van der Waals surface area contributed by atoms with Gasteiger partial charge >= 0.3 is 0 Å². The van der Waals surface area contributed by atoms with Crippen molar-refractivity contribution >= 4 is 29.3 Å². The normalized spacial score (nSPS) is 12.2. The van der Waals surface area contributed by atoms with E-state index in [4.69, 9.17) is 9.08 Å². The van der Waals surface area contributed by atoms with Crippen molar-refractivity contribution in [1.29, 1.82) is 0 Å². The molecule has 0 bridgehead atoms. The van der Waals surface area contributed by atoms with E-state index in [1.807, 2.05) is 0 Å². The summed E-state index contributed by atoms with van der Waals surface area (Å²) in [6.07, 6.45) is -0.506. The average Bonchev–Trinajstić information content (AvgIpc) is 2.18. The molecule has 0 aliphatic heterocycles. The lowest BCUT2D eigenvalue weighted by atomic mass is 10.3. The summed E-state index contributed by atoms with van der Waals surface area (Å²) >= 11 is 0. The van der Waals surface area contributed by atoms with E-state index < -0.39 is 41.5 Å². The van der Waals surface area contributed by atoms with Crippen molar-refractivity contribution in [2.24, 2.45) is 0 Å². The maximum atomic E-state index is 11.6. The van der Waals surface area contributed by atoms with Gasteiger partial charge in [-0.15, -0.1) is 0 Å². The van der Waals surface area contributed by atoms with Gasteiger partial charge in [0, 0.05) is 26.7 Å². The van der Waals surface area contributed by atoms with Crippen LogP contribution < -0.4 is 0 Å². The molecule has 10 heteroatoms. The van der Waals surface area contributed by atoms with Gasteiger partial charge in [0.2, 0.25) is 11.8 Å². The Balaban J connectivity index is 4.44. The zero-order chi connectivity index (χ0) is 15.3. The minimum atomic E-state index is -4.26. The SMILES string of the molecule is CC(=O)N(CCOP(C)(C)=O)C(=O)CCS(=O)(=O)O. The molecule has 0 aliphatic carbocycles. The Bertz CT molecular complexity index is 481. The molecule has 0 atom stereocenters. The van der Waals surface area contributed by atoms with Gasteiger partial charge < -0.3 is 4.52 Å². The standard InChI is InChI=1S/C9H18NO7PS/c1-8(11)10(5-6-17-18(2,3)13)9(12)4-7-19(14,15)16/h4-7H2,1-3H3,(H,14,15,16). The molecule has 0 spiro atoms. The second-order valence-corrected chi connectivity index (χ2v) is 8.52. The highest BCUT2D eigenvalue weighted by Crippen LogP contribution is 2.36. The number of rotatable bonds is 7. The molecule has 0 rings (SSSR count). The molecule has 0 aromatic carbocycles. The third-order valence-electron chi connectivity index (χ3n) is 1.97. The van der Waals surface area contributed by atoms with Gasteiger partial charge in [-0.05, 0) is 0 Å². The van der Waals surface area contributed by atoms with Gasteiger partial charge in [-0.25, -0.2) is 0 Å². The molecule has 0 saturated carbocycles. The van der Waals surface area contributed by atoms with Crippen LogP contribution in [0.25, 0.3) is 0 Å². The fourth-order valence-corrected chi connectivity index (χ4v) is 2.11. The van der Waals surface area contributed by atoms with Gasteiger partial charge in [-0.3, -0.25) is 23.6 Å². The summed E-state index contributed by atoms with van der Waals surface area (Å²) < 4.78 is 45.8. The van der Waals surface area contributed by atoms with Gasteiger partial charge in [0.25, 0.3) is 10.1 Å². The maximum absolute atomic E-state index is 11.6. The van der Waals surface area contributed by atoms with Crippen LogP contribution in [0.5, 0.6) is 0 Å². The van der Waals surface area contributed by atoms with Crippen molar-refractivity contribution in [3.63, 3.8) is 0 Å². The van der Waals surface area contributed by atoms with Crippen molar-refractivity contribution in [2.45, 2.75) is 13.3 Å². The van der Waals surface area contributed by atoms with Gasteiger partial charge in [-0.1, -0.05) is 0 Å². The molecule has 0 unspecified atom stereocenters. The molecule has 0 aromatic heterocycles. The molecule has 2 amide bonds. The quantitative estimate of drug-likeness (QED) is 0.526. The lowest BCUT2D eigenvalue weighted by molar-refractivity contribution is -0.143. The summed E-state index contributed by atoms with van der Waals surface area (Å²) in [6, 6.07) is 0. The monoisotopic (exact) mass is 315 g/mol. The van der Waals surface area contributed by atoms with E-state index in [1.165, 1.54) is 13.3 Å². The lowest BCUT2D eigenvalue weighted by Crippen LogP contribution is -2.38. The second kappa shape index (κ2) is 7.14. The lowest BCUT2D eigenvalue weighted by Gasteiger charge is -2.19. The Morgan fingerprint density at radius 1 is 1.32 bits per heavy atom. The van der Waals surface area contributed by atoms with Crippen LogP contribution in [0, 0.1) is 0 Å². The first-order valence-corrected chi connectivity index (χ1v) is 9.51. The third kappa shape index (κ3) is 9.77. The summed E-state index contributed by atoms with van der Waals surface area (Å²) in [4.78, 5) is 23.6.